The van der Waals surface area contributed by atoms with Crippen LogP contribution in [0.1, 0.15) is 24.0 Å². The van der Waals surface area contributed by atoms with Crippen molar-refractivity contribution in [3.8, 4) is 0 Å². The number of carbonyl (C=O) groups excluding carboxylic acids is 1. The third kappa shape index (κ3) is 4.08. The average Bonchev–Trinajstić information content (AvgIpc) is 2.90. The molecule has 2 aromatic carbocycles. The Morgan fingerprint density at radius 3 is 2.77 bits per heavy atom. The number of rotatable bonds is 7. The third-order valence-electron chi connectivity index (χ3n) is 4.20. The van der Waals surface area contributed by atoms with Crippen molar-refractivity contribution < 1.29 is 17.6 Å². The maximum Gasteiger partial charge on any atom is 0.240 e. The van der Waals surface area contributed by atoms with Gasteiger partial charge in [-0.2, -0.15) is 11.8 Å². The van der Waals surface area contributed by atoms with Crippen LogP contribution in [-0.4, -0.2) is 26.6 Å². The van der Waals surface area contributed by atoms with E-state index in [1.165, 1.54) is 30.0 Å². The smallest absolute Gasteiger partial charge is 0.240 e. The molecule has 1 aliphatic heterocycles. The standard InChI is InChI=1S/C18H19FN2O3S2/c1-12-15-10-14(6-7-17(15)21-18(12)22)26(23,24)20-8-9-25-11-13-4-2-3-5-16(13)19/h2-7,10,12,20H,8-9,11H2,1H3,(H,21,22)/t12-/m1/s1. The second-order valence-electron chi connectivity index (χ2n) is 6.00. The second-order valence-corrected chi connectivity index (χ2v) is 8.87. The minimum Gasteiger partial charge on any atom is -0.325 e. The minimum absolute atomic E-state index is 0.132. The van der Waals surface area contributed by atoms with Gasteiger partial charge in [-0.3, -0.25) is 4.79 Å². The molecule has 3 rings (SSSR count). The van der Waals surface area contributed by atoms with Crippen LogP contribution in [0, 0.1) is 5.82 Å². The molecule has 0 radical (unpaired) electrons. The Labute approximate surface area is 156 Å². The quantitative estimate of drug-likeness (QED) is 0.708. The summed E-state index contributed by atoms with van der Waals surface area (Å²) in [6.45, 7) is 1.98. The average molecular weight is 394 g/mol. The lowest BCUT2D eigenvalue weighted by atomic mass is 10.0. The van der Waals surface area contributed by atoms with Crippen molar-refractivity contribution in [3.05, 3.63) is 59.4 Å². The fourth-order valence-electron chi connectivity index (χ4n) is 2.69. The Hall–Kier alpha value is -1.90. The lowest BCUT2D eigenvalue weighted by Gasteiger charge is -2.09. The maximum atomic E-state index is 13.5. The van der Waals surface area contributed by atoms with Crippen molar-refractivity contribution in [2.75, 3.05) is 17.6 Å². The Kier molecular flexibility index (Phi) is 5.64. The Bertz CT molecular complexity index is 932. The molecule has 138 valence electrons. The van der Waals surface area contributed by atoms with Crippen LogP contribution in [0.15, 0.2) is 47.4 Å². The van der Waals surface area contributed by atoms with Crippen molar-refractivity contribution in [1.29, 1.82) is 0 Å². The monoisotopic (exact) mass is 394 g/mol. The molecule has 0 saturated heterocycles. The van der Waals surface area contributed by atoms with Crippen LogP contribution in [0.2, 0.25) is 0 Å². The highest BCUT2D eigenvalue weighted by Gasteiger charge is 2.28. The largest absolute Gasteiger partial charge is 0.325 e. The van der Waals surface area contributed by atoms with Crippen LogP contribution in [0.5, 0.6) is 0 Å². The van der Waals surface area contributed by atoms with E-state index in [0.717, 1.165) is 0 Å². The number of fused-ring (bicyclic) bond motifs is 1. The normalized spacial score (nSPS) is 16.4. The number of thioether (sulfide) groups is 1. The summed E-state index contributed by atoms with van der Waals surface area (Å²) in [6.07, 6.45) is 0. The molecule has 1 heterocycles. The lowest BCUT2D eigenvalue weighted by Crippen LogP contribution is -2.26. The van der Waals surface area contributed by atoms with Gasteiger partial charge in [0.2, 0.25) is 15.9 Å². The van der Waals surface area contributed by atoms with Gasteiger partial charge in [-0.25, -0.2) is 17.5 Å². The first-order chi connectivity index (χ1) is 12.4. The molecular formula is C18H19FN2O3S2. The zero-order chi connectivity index (χ0) is 18.7. The predicted molar refractivity (Wildman–Crippen MR) is 101 cm³/mol. The van der Waals surface area contributed by atoms with E-state index >= 15 is 0 Å². The van der Waals surface area contributed by atoms with E-state index in [1.807, 2.05) is 0 Å². The van der Waals surface area contributed by atoms with Gasteiger partial charge in [0.1, 0.15) is 5.82 Å². The van der Waals surface area contributed by atoms with Gasteiger partial charge in [-0.15, -0.1) is 0 Å². The zero-order valence-electron chi connectivity index (χ0n) is 14.2. The van der Waals surface area contributed by atoms with E-state index in [9.17, 15) is 17.6 Å². The zero-order valence-corrected chi connectivity index (χ0v) is 15.8. The van der Waals surface area contributed by atoms with Crippen LogP contribution in [0.4, 0.5) is 10.1 Å². The number of anilines is 1. The fourth-order valence-corrected chi connectivity index (χ4v) is 4.73. The van der Waals surface area contributed by atoms with Crippen LogP contribution in [0.25, 0.3) is 0 Å². The van der Waals surface area contributed by atoms with Gasteiger partial charge in [0.05, 0.1) is 10.8 Å². The molecule has 0 unspecified atom stereocenters. The molecule has 1 atom stereocenters. The molecule has 2 aromatic rings. The summed E-state index contributed by atoms with van der Waals surface area (Å²) < 4.78 is 40.9. The van der Waals surface area contributed by atoms with Gasteiger partial charge in [0.25, 0.3) is 0 Å². The first kappa shape index (κ1) is 18.9. The van der Waals surface area contributed by atoms with Crippen molar-refractivity contribution in [3.63, 3.8) is 0 Å². The number of halogens is 1. The molecule has 5 nitrogen and oxygen atoms in total. The molecule has 1 amide bonds. The summed E-state index contributed by atoms with van der Waals surface area (Å²) in [5.74, 6) is 0.257. The SMILES string of the molecule is C[C@H]1C(=O)Nc2ccc(S(=O)(=O)NCCSCc3ccccc3F)cc21. The number of amides is 1. The van der Waals surface area contributed by atoms with Crippen LogP contribution in [0.3, 0.4) is 0 Å². The maximum absolute atomic E-state index is 13.5. The summed E-state index contributed by atoms with van der Waals surface area (Å²) in [5.41, 5.74) is 1.94. The van der Waals surface area contributed by atoms with Crippen molar-refractivity contribution in [1.82, 2.24) is 4.72 Å². The minimum atomic E-state index is -3.65. The van der Waals surface area contributed by atoms with Gasteiger partial charge in [-0.05, 0) is 42.3 Å². The number of sulfonamides is 1. The molecule has 0 fully saturated rings. The first-order valence-electron chi connectivity index (χ1n) is 8.14. The van der Waals surface area contributed by atoms with Gasteiger partial charge in [0.15, 0.2) is 0 Å². The molecule has 0 aromatic heterocycles. The molecule has 0 saturated carbocycles. The fraction of sp³-hybridized carbons (Fsp3) is 0.278. The van der Waals surface area contributed by atoms with Crippen LogP contribution >= 0.6 is 11.8 Å². The molecule has 26 heavy (non-hydrogen) atoms. The second kappa shape index (κ2) is 7.77. The molecule has 8 heteroatoms. The van der Waals surface area contributed by atoms with Crippen molar-refractivity contribution >= 4 is 33.4 Å². The number of carbonyl (C=O) groups is 1. The van der Waals surface area contributed by atoms with E-state index in [0.29, 0.717) is 28.3 Å². The highest BCUT2D eigenvalue weighted by Crippen LogP contribution is 2.33. The van der Waals surface area contributed by atoms with Crippen molar-refractivity contribution in [2.24, 2.45) is 0 Å². The predicted octanol–water partition coefficient (Wildman–Crippen LogP) is 3.09. The van der Waals surface area contributed by atoms with Gasteiger partial charge in [0, 0.05) is 23.7 Å². The molecule has 0 bridgehead atoms. The van der Waals surface area contributed by atoms with Crippen LogP contribution in [-0.2, 0) is 20.6 Å². The molecular weight excluding hydrogens is 375 g/mol. The van der Waals surface area contributed by atoms with Gasteiger partial charge in [-0.1, -0.05) is 18.2 Å². The summed E-state index contributed by atoms with van der Waals surface area (Å²) in [6, 6.07) is 11.2. The molecule has 1 aliphatic rings. The van der Waals surface area contributed by atoms with Crippen molar-refractivity contribution in [2.45, 2.75) is 23.5 Å². The summed E-state index contributed by atoms with van der Waals surface area (Å²) in [4.78, 5) is 11.8. The van der Waals surface area contributed by atoms with Gasteiger partial charge < -0.3 is 5.32 Å². The highest BCUT2D eigenvalue weighted by atomic mass is 32.2. The van der Waals surface area contributed by atoms with Crippen LogP contribution < -0.4 is 10.0 Å². The van der Waals surface area contributed by atoms with Gasteiger partial charge >= 0.3 is 0 Å². The molecule has 0 aliphatic carbocycles. The Morgan fingerprint density at radius 1 is 1.23 bits per heavy atom. The van der Waals surface area contributed by atoms with E-state index in [2.05, 4.69) is 10.0 Å². The number of hydrogen-bond acceptors (Lipinski definition) is 4. The van der Waals surface area contributed by atoms with E-state index in [-0.39, 0.29) is 29.1 Å². The topological polar surface area (TPSA) is 75.3 Å². The molecule has 0 spiro atoms. The lowest BCUT2D eigenvalue weighted by molar-refractivity contribution is -0.116. The van der Waals surface area contributed by atoms with E-state index in [4.69, 9.17) is 0 Å². The highest BCUT2D eigenvalue weighted by molar-refractivity contribution is 7.98. The first-order valence-corrected chi connectivity index (χ1v) is 10.8. The summed E-state index contributed by atoms with van der Waals surface area (Å²) in [5, 5.41) is 2.72. The number of hydrogen-bond donors (Lipinski definition) is 2. The Morgan fingerprint density at radius 2 is 2.00 bits per heavy atom. The molecule has 2 N–H and O–H groups in total. The Balaban J connectivity index is 1.55. The third-order valence-corrected chi connectivity index (χ3v) is 6.67. The number of nitrogens with one attached hydrogen (secondary N) is 2. The van der Waals surface area contributed by atoms with E-state index < -0.39 is 10.0 Å². The number of benzene rings is 2. The van der Waals surface area contributed by atoms with E-state index in [1.54, 1.807) is 31.2 Å². The summed E-state index contributed by atoms with van der Waals surface area (Å²) >= 11 is 1.46. The summed E-state index contributed by atoms with van der Waals surface area (Å²) in [7, 11) is -3.65.